The number of rotatable bonds is 3. The lowest BCUT2D eigenvalue weighted by Gasteiger charge is -2.37. The average Bonchev–Trinajstić information content (AvgIpc) is 2.90. The van der Waals surface area contributed by atoms with Crippen molar-refractivity contribution < 1.29 is 4.79 Å². The number of aromatic nitrogens is 2. The van der Waals surface area contributed by atoms with Crippen molar-refractivity contribution in [2.24, 2.45) is 0 Å². The van der Waals surface area contributed by atoms with E-state index in [4.69, 9.17) is 4.98 Å². The van der Waals surface area contributed by atoms with Crippen LogP contribution in [0.1, 0.15) is 55.3 Å². The zero-order valence-electron chi connectivity index (χ0n) is 12.1. The molecule has 0 aliphatic carbocycles. The van der Waals surface area contributed by atoms with E-state index in [1.807, 2.05) is 28.8 Å². The summed E-state index contributed by atoms with van der Waals surface area (Å²) in [4.78, 5) is 18.4. The molecule has 4 heteroatoms. The molecule has 0 saturated carbocycles. The van der Waals surface area contributed by atoms with E-state index in [-0.39, 0.29) is 0 Å². The Kier molecular flexibility index (Phi) is 3.57. The van der Waals surface area contributed by atoms with E-state index >= 15 is 0 Å². The number of piperidine rings is 1. The van der Waals surface area contributed by atoms with E-state index in [0.29, 0.717) is 17.8 Å². The van der Waals surface area contributed by atoms with Gasteiger partial charge in [-0.2, -0.15) is 0 Å². The first-order valence-corrected chi connectivity index (χ1v) is 7.39. The zero-order chi connectivity index (χ0) is 14.1. The molecule has 4 nitrogen and oxygen atoms in total. The number of imidazole rings is 1. The zero-order valence-corrected chi connectivity index (χ0v) is 12.1. The average molecular weight is 271 g/mol. The van der Waals surface area contributed by atoms with Gasteiger partial charge in [0.25, 0.3) is 0 Å². The summed E-state index contributed by atoms with van der Waals surface area (Å²) in [6.45, 7) is 5.62. The van der Waals surface area contributed by atoms with E-state index < -0.39 is 0 Å². The van der Waals surface area contributed by atoms with Crippen molar-refractivity contribution in [2.75, 3.05) is 6.54 Å². The van der Waals surface area contributed by atoms with Gasteiger partial charge in [0, 0.05) is 12.2 Å². The lowest BCUT2D eigenvalue weighted by molar-refractivity contribution is 0.109. The Morgan fingerprint density at radius 2 is 2.20 bits per heavy atom. The second-order valence-corrected chi connectivity index (χ2v) is 5.81. The molecule has 1 fully saturated rings. The smallest absolute Gasteiger partial charge is 0.166 e. The quantitative estimate of drug-likeness (QED) is 0.805. The maximum Gasteiger partial charge on any atom is 0.166 e. The van der Waals surface area contributed by atoms with E-state index in [2.05, 4.69) is 18.7 Å². The summed E-state index contributed by atoms with van der Waals surface area (Å²) in [6, 6.07) is 6.57. The molecule has 3 rings (SSSR count). The summed E-state index contributed by atoms with van der Waals surface area (Å²) >= 11 is 0. The molecule has 1 unspecified atom stereocenters. The standard InChI is InChI=1S/C16H21N3O/c1-12(2)18-9-4-3-7-15(18)14-10-19-13(11-20)6-5-8-16(19)17-14/h5-6,8,10-12,15H,3-4,7,9H2,1-2H3. The van der Waals surface area contributed by atoms with Crippen LogP contribution in [-0.2, 0) is 0 Å². The molecule has 2 aromatic rings. The highest BCUT2D eigenvalue weighted by Crippen LogP contribution is 2.32. The molecule has 20 heavy (non-hydrogen) atoms. The van der Waals surface area contributed by atoms with Crippen molar-refractivity contribution in [3.05, 3.63) is 35.8 Å². The van der Waals surface area contributed by atoms with Gasteiger partial charge in [0.15, 0.2) is 6.29 Å². The van der Waals surface area contributed by atoms with Crippen molar-refractivity contribution >= 4 is 11.9 Å². The Morgan fingerprint density at radius 1 is 1.35 bits per heavy atom. The normalized spacial score (nSPS) is 20.6. The molecule has 1 aliphatic rings. The van der Waals surface area contributed by atoms with Crippen LogP contribution < -0.4 is 0 Å². The summed E-state index contributed by atoms with van der Waals surface area (Å²) in [7, 11) is 0. The first-order valence-electron chi connectivity index (χ1n) is 7.39. The summed E-state index contributed by atoms with van der Waals surface area (Å²) < 4.78 is 1.90. The summed E-state index contributed by atoms with van der Waals surface area (Å²) in [6.07, 6.45) is 6.59. The van der Waals surface area contributed by atoms with Crippen molar-refractivity contribution in [2.45, 2.75) is 45.2 Å². The Bertz CT molecular complexity index is 617. The van der Waals surface area contributed by atoms with Crippen molar-refractivity contribution in [3.8, 4) is 0 Å². The van der Waals surface area contributed by atoms with Crippen LogP contribution >= 0.6 is 0 Å². The molecular weight excluding hydrogens is 250 g/mol. The largest absolute Gasteiger partial charge is 0.297 e. The predicted octanol–water partition coefficient (Wildman–Crippen LogP) is 3.08. The number of pyridine rings is 1. The number of carbonyl (C=O) groups excluding carboxylic acids is 1. The molecule has 106 valence electrons. The molecule has 2 aromatic heterocycles. The number of aldehydes is 1. The molecule has 1 atom stereocenters. The Morgan fingerprint density at radius 3 is 2.95 bits per heavy atom. The van der Waals surface area contributed by atoms with E-state index in [1.165, 1.54) is 12.8 Å². The van der Waals surface area contributed by atoms with Crippen molar-refractivity contribution in [1.82, 2.24) is 14.3 Å². The van der Waals surface area contributed by atoms with Crippen LogP contribution in [0.15, 0.2) is 24.4 Å². The maximum atomic E-state index is 11.1. The van der Waals surface area contributed by atoms with E-state index in [1.54, 1.807) is 0 Å². The van der Waals surface area contributed by atoms with Gasteiger partial charge in [-0.3, -0.25) is 14.1 Å². The fourth-order valence-electron chi connectivity index (χ4n) is 3.20. The van der Waals surface area contributed by atoms with Crippen LogP contribution in [0, 0.1) is 0 Å². The van der Waals surface area contributed by atoms with E-state index in [0.717, 1.165) is 30.6 Å². The first kappa shape index (κ1) is 13.3. The van der Waals surface area contributed by atoms with Crippen LogP contribution in [0.5, 0.6) is 0 Å². The minimum Gasteiger partial charge on any atom is -0.297 e. The minimum absolute atomic E-state index is 0.378. The maximum absolute atomic E-state index is 11.1. The van der Waals surface area contributed by atoms with Gasteiger partial charge in [-0.25, -0.2) is 4.98 Å². The summed E-state index contributed by atoms with van der Waals surface area (Å²) in [5, 5.41) is 0. The number of nitrogens with zero attached hydrogens (tertiary/aromatic N) is 3. The molecule has 3 heterocycles. The Hall–Kier alpha value is -1.68. The Labute approximate surface area is 119 Å². The third-order valence-corrected chi connectivity index (χ3v) is 4.21. The third kappa shape index (κ3) is 2.24. The Balaban J connectivity index is 2.02. The molecule has 0 spiro atoms. The highest BCUT2D eigenvalue weighted by Gasteiger charge is 2.27. The SMILES string of the molecule is CC(C)N1CCCCC1c1cn2c(C=O)cccc2n1. The van der Waals surface area contributed by atoms with Crippen molar-refractivity contribution in [1.29, 1.82) is 0 Å². The number of likely N-dealkylation sites (tertiary alicyclic amines) is 1. The molecule has 0 amide bonds. The van der Waals surface area contributed by atoms with Gasteiger partial charge in [0.2, 0.25) is 0 Å². The third-order valence-electron chi connectivity index (χ3n) is 4.21. The van der Waals surface area contributed by atoms with Crippen LogP contribution in [0.25, 0.3) is 5.65 Å². The monoisotopic (exact) mass is 271 g/mol. The lowest BCUT2D eigenvalue weighted by atomic mass is 9.98. The second-order valence-electron chi connectivity index (χ2n) is 5.81. The topological polar surface area (TPSA) is 37.6 Å². The van der Waals surface area contributed by atoms with Crippen molar-refractivity contribution in [3.63, 3.8) is 0 Å². The molecule has 0 aromatic carbocycles. The molecular formula is C16H21N3O. The minimum atomic E-state index is 0.378. The van der Waals surface area contributed by atoms with Crippen LogP contribution in [-0.4, -0.2) is 33.2 Å². The number of hydrogen-bond acceptors (Lipinski definition) is 3. The molecule has 1 saturated heterocycles. The first-order chi connectivity index (χ1) is 9.70. The molecule has 0 N–H and O–H groups in total. The number of carbonyl (C=O) groups is 1. The van der Waals surface area contributed by atoms with Gasteiger partial charge in [-0.15, -0.1) is 0 Å². The van der Waals surface area contributed by atoms with Crippen LogP contribution in [0.4, 0.5) is 0 Å². The van der Waals surface area contributed by atoms with Gasteiger partial charge < -0.3 is 0 Å². The fraction of sp³-hybridized carbons (Fsp3) is 0.500. The predicted molar refractivity (Wildman–Crippen MR) is 79.0 cm³/mol. The van der Waals surface area contributed by atoms with Gasteiger partial charge in [0.1, 0.15) is 5.65 Å². The van der Waals surface area contributed by atoms with Crippen LogP contribution in [0.3, 0.4) is 0 Å². The fourth-order valence-corrected chi connectivity index (χ4v) is 3.20. The molecule has 0 bridgehead atoms. The number of hydrogen-bond donors (Lipinski definition) is 0. The molecule has 1 aliphatic heterocycles. The van der Waals surface area contributed by atoms with Gasteiger partial charge >= 0.3 is 0 Å². The second kappa shape index (κ2) is 5.37. The highest BCUT2D eigenvalue weighted by atomic mass is 16.1. The summed E-state index contributed by atoms with van der Waals surface area (Å²) in [5.41, 5.74) is 2.61. The van der Waals surface area contributed by atoms with Gasteiger partial charge in [0.05, 0.1) is 17.4 Å². The summed E-state index contributed by atoms with van der Waals surface area (Å²) in [5.74, 6) is 0. The number of fused-ring (bicyclic) bond motifs is 1. The highest BCUT2D eigenvalue weighted by molar-refractivity contribution is 5.73. The van der Waals surface area contributed by atoms with Crippen LogP contribution in [0.2, 0.25) is 0 Å². The van der Waals surface area contributed by atoms with Gasteiger partial charge in [-0.1, -0.05) is 12.5 Å². The lowest BCUT2D eigenvalue weighted by Crippen LogP contribution is -2.38. The molecule has 0 radical (unpaired) electrons. The van der Waals surface area contributed by atoms with E-state index in [9.17, 15) is 4.79 Å². The van der Waals surface area contributed by atoms with Gasteiger partial charge in [-0.05, 0) is 45.4 Å².